The van der Waals surface area contributed by atoms with E-state index in [1.807, 2.05) is 12.1 Å². The van der Waals surface area contributed by atoms with Crippen molar-refractivity contribution < 1.29 is 17.9 Å². The van der Waals surface area contributed by atoms with Crippen molar-refractivity contribution in [2.75, 3.05) is 25.1 Å². The van der Waals surface area contributed by atoms with E-state index < -0.39 is 10.0 Å². The zero-order valence-corrected chi connectivity index (χ0v) is 17.8. The smallest absolute Gasteiger partial charge is 0.214 e. The predicted octanol–water partition coefficient (Wildman–Crippen LogP) is 3.54. The van der Waals surface area contributed by atoms with E-state index in [9.17, 15) is 8.42 Å². The first-order valence-corrected chi connectivity index (χ1v) is 12.1. The molecule has 0 amide bonds. The number of benzene rings is 1. The highest BCUT2D eigenvalue weighted by Gasteiger charge is 2.26. The molecule has 0 aromatic heterocycles. The molecule has 1 saturated heterocycles. The van der Waals surface area contributed by atoms with Gasteiger partial charge in [-0.15, -0.1) is 0 Å². The highest BCUT2D eigenvalue weighted by Crippen LogP contribution is 2.26. The minimum atomic E-state index is -3.17. The number of hydrogen-bond donors (Lipinski definition) is 2. The molecule has 1 aliphatic carbocycles. The Labute approximate surface area is 169 Å². The second-order valence-electron chi connectivity index (χ2n) is 8.26. The Morgan fingerprint density at radius 3 is 2.29 bits per heavy atom. The van der Waals surface area contributed by atoms with Gasteiger partial charge in [-0.2, -0.15) is 0 Å². The van der Waals surface area contributed by atoms with E-state index in [1.54, 1.807) is 13.8 Å². The number of anilines is 1. The minimum Gasteiger partial charge on any atom is -0.490 e. The molecule has 28 heavy (non-hydrogen) atoms. The molecular formula is C21H34N2O4S. The molecule has 0 spiro atoms. The van der Waals surface area contributed by atoms with Gasteiger partial charge in [-0.05, 0) is 69.7 Å². The molecule has 2 N–H and O–H groups in total. The molecular weight excluding hydrogens is 376 g/mol. The van der Waals surface area contributed by atoms with Crippen molar-refractivity contribution in [3.8, 4) is 5.75 Å². The molecule has 158 valence electrons. The largest absolute Gasteiger partial charge is 0.490 e. The van der Waals surface area contributed by atoms with Gasteiger partial charge in [0.15, 0.2) is 0 Å². The standard InChI is InChI=1S/C21H34N2O4S/c1-16(2)28(24,25)23-19-5-3-17(4-6-19)15-22-18-7-9-20(10-8-18)27-21-11-13-26-14-12-21/h7-10,16-17,19,21-23H,3-6,11-15H2,1-2H3/t17-,19-. The van der Waals surface area contributed by atoms with E-state index in [1.165, 1.54) is 0 Å². The van der Waals surface area contributed by atoms with Crippen LogP contribution in [0.3, 0.4) is 0 Å². The van der Waals surface area contributed by atoms with Crippen LogP contribution >= 0.6 is 0 Å². The zero-order valence-electron chi connectivity index (χ0n) is 17.0. The van der Waals surface area contributed by atoms with Crippen LogP contribution in [0.2, 0.25) is 0 Å². The average molecular weight is 411 g/mol. The van der Waals surface area contributed by atoms with E-state index in [2.05, 4.69) is 22.2 Å². The predicted molar refractivity (Wildman–Crippen MR) is 112 cm³/mol. The topological polar surface area (TPSA) is 76.7 Å². The first-order chi connectivity index (χ1) is 13.4. The number of hydrogen-bond acceptors (Lipinski definition) is 5. The Morgan fingerprint density at radius 2 is 1.68 bits per heavy atom. The summed E-state index contributed by atoms with van der Waals surface area (Å²) in [7, 11) is -3.17. The molecule has 3 rings (SSSR count). The Bertz CT molecular complexity index is 692. The molecule has 2 aliphatic rings. The lowest BCUT2D eigenvalue weighted by Gasteiger charge is -2.29. The summed E-state index contributed by atoms with van der Waals surface area (Å²) in [5, 5.41) is 3.14. The number of nitrogens with one attached hydrogen (secondary N) is 2. The second-order valence-corrected chi connectivity index (χ2v) is 10.5. The van der Waals surface area contributed by atoms with E-state index in [0.29, 0.717) is 5.92 Å². The molecule has 1 aromatic rings. The Balaban J connectivity index is 1.38. The van der Waals surface area contributed by atoms with Crippen LogP contribution in [0.4, 0.5) is 5.69 Å². The minimum absolute atomic E-state index is 0.0882. The summed E-state index contributed by atoms with van der Waals surface area (Å²) in [6, 6.07) is 8.27. The third kappa shape index (κ3) is 6.36. The van der Waals surface area contributed by atoms with Crippen LogP contribution in [0.15, 0.2) is 24.3 Å². The van der Waals surface area contributed by atoms with E-state index in [4.69, 9.17) is 9.47 Å². The SMILES string of the molecule is CC(C)S(=O)(=O)N[C@H]1CC[C@H](CNc2ccc(OC3CCOCC3)cc2)CC1. The van der Waals surface area contributed by atoms with Crippen molar-refractivity contribution in [2.24, 2.45) is 5.92 Å². The van der Waals surface area contributed by atoms with Crippen LogP contribution in [0.25, 0.3) is 0 Å². The van der Waals surface area contributed by atoms with Crippen molar-refractivity contribution in [3.63, 3.8) is 0 Å². The third-order valence-corrected chi connectivity index (χ3v) is 7.62. The lowest BCUT2D eigenvalue weighted by atomic mass is 9.86. The zero-order chi connectivity index (χ0) is 20.0. The lowest BCUT2D eigenvalue weighted by molar-refractivity contribution is 0.0256. The average Bonchev–Trinajstić information content (AvgIpc) is 2.69. The summed E-state index contributed by atoms with van der Waals surface area (Å²) < 4.78 is 38.2. The molecule has 1 heterocycles. The van der Waals surface area contributed by atoms with Crippen LogP contribution in [0, 0.1) is 5.92 Å². The van der Waals surface area contributed by atoms with E-state index in [-0.39, 0.29) is 17.4 Å². The number of sulfonamides is 1. The highest BCUT2D eigenvalue weighted by atomic mass is 32.2. The molecule has 1 aliphatic heterocycles. The quantitative estimate of drug-likeness (QED) is 0.685. The maximum Gasteiger partial charge on any atom is 0.214 e. The molecule has 1 aromatic carbocycles. The Kier molecular flexibility index (Phi) is 7.60. The van der Waals surface area contributed by atoms with Crippen molar-refractivity contribution in [3.05, 3.63) is 24.3 Å². The van der Waals surface area contributed by atoms with Gasteiger partial charge in [-0.25, -0.2) is 13.1 Å². The molecule has 1 saturated carbocycles. The summed E-state index contributed by atoms with van der Waals surface area (Å²) in [5.74, 6) is 1.49. The summed E-state index contributed by atoms with van der Waals surface area (Å²) >= 11 is 0. The summed E-state index contributed by atoms with van der Waals surface area (Å²) in [6.45, 7) is 5.93. The fourth-order valence-electron chi connectivity index (χ4n) is 3.75. The summed E-state index contributed by atoms with van der Waals surface area (Å²) in [4.78, 5) is 0. The van der Waals surface area contributed by atoms with Gasteiger partial charge in [-0.1, -0.05) is 0 Å². The maximum absolute atomic E-state index is 12.0. The molecule has 0 bridgehead atoms. The lowest BCUT2D eigenvalue weighted by Crippen LogP contribution is -2.41. The van der Waals surface area contributed by atoms with Gasteiger partial charge >= 0.3 is 0 Å². The van der Waals surface area contributed by atoms with Gasteiger partial charge in [-0.3, -0.25) is 0 Å². The van der Waals surface area contributed by atoms with Crippen LogP contribution in [-0.4, -0.2) is 45.6 Å². The van der Waals surface area contributed by atoms with Crippen molar-refractivity contribution in [1.82, 2.24) is 4.72 Å². The van der Waals surface area contributed by atoms with Crippen LogP contribution < -0.4 is 14.8 Å². The second kappa shape index (κ2) is 9.94. The summed E-state index contributed by atoms with van der Waals surface area (Å²) in [5.41, 5.74) is 1.10. The molecule has 0 atom stereocenters. The van der Waals surface area contributed by atoms with Gasteiger partial charge in [0.25, 0.3) is 0 Å². The first kappa shape index (κ1) is 21.4. The molecule has 6 nitrogen and oxygen atoms in total. The normalized spacial score (nSPS) is 24.2. The molecule has 0 unspecified atom stereocenters. The van der Waals surface area contributed by atoms with E-state index >= 15 is 0 Å². The van der Waals surface area contributed by atoms with Gasteiger partial charge < -0.3 is 14.8 Å². The maximum atomic E-state index is 12.0. The van der Waals surface area contributed by atoms with Crippen molar-refractivity contribution in [1.29, 1.82) is 0 Å². The van der Waals surface area contributed by atoms with Gasteiger partial charge in [0.2, 0.25) is 10.0 Å². The van der Waals surface area contributed by atoms with Gasteiger partial charge in [0.05, 0.1) is 18.5 Å². The van der Waals surface area contributed by atoms with E-state index in [0.717, 1.165) is 69.7 Å². The molecule has 2 fully saturated rings. The van der Waals surface area contributed by atoms with Crippen LogP contribution in [0.5, 0.6) is 5.75 Å². The number of ether oxygens (including phenoxy) is 2. The van der Waals surface area contributed by atoms with Crippen LogP contribution in [-0.2, 0) is 14.8 Å². The number of rotatable bonds is 8. The highest BCUT2D eigenvalue weighted by molar-refractivity contribution is 7.90. The monoisotopic (exact) mass is 410 g/mol. The van der Waals surface area contributed by atoms with Crippen molar-refractivity contribution >= 4 is 15.7 Å². The van der Waals surface area contributed by atoms with Gasteiger partial charge in [0.1, 0.15) is 11.9 Å². The molecule has 7 heteroatoms. The fraction of sp³-hybridized carbons (Fsp3) is 0.714. The van der Waals surface area contributed by atoms with Crippen LogP contribution in [0.1, 0.15) is 52.4 Å². The first-order valence-electron chi connectivity index (χ1n) is 10.5. The third-order valence-electron chi connectivity index (χ3n) is 5.72. The van der Waals surface area contributed by atoms with Crippen molar-refractivity contribution in [2.45, 2.75) is 69.8 Å². The Hall–Kier alpha value is -1.31. The molecule has 0 radical (unpaired) electrons. The van der Waals surface area contributed by atoms with Gasteiger partial charge in [0, 0.05) is 31.1 Å². The fourth-order valence-corrected chi connectivity index (χ4v) is 4.73. The Morgan fingerprint density at radius 1 is 1.04 bits per heavy atom. The summed E-state index contributed by atoms with van der Waals surface area (Å²) in [6.07, 6.45) is 6.08.